The van der Waals surface area contributed by atoms with Crippen LogP contribution in [-0.4, -0.2) is 25.3 Å². The van der Waals surface area contributed by atoms with E-state index in [1.807, 2.05) is 35.9 Å². The Morgan fingerprint density at radius 1 is 1.35 bits per heavy atom. The summed E-state index contributed by atoms with van der Waals surface area (Å²) >= 11 is 0. The highest BCUT2D eigenvalue weighted by atomic mass is 32.2. The van der Waals surface area contributed by atoms with Crippen molar-refractivity contribution in [3.63, 3.8) is 0 Å². The van der Waals surface area contributed by atoms with Crippen molar-refractivity contribution in [3.05, 3.63) is 54.1 Å². The molecule has 0 saturated heterocycles. The Labute approximate surface area is 122 Å². The lowest BCUT2D eigenvalue weighted by Gasteiger charge is -2.14. The minimum absolute atomic E-state index is 0.0880. The first-order valence-corrected chi connectivity index (χ1v) is 8.34. The number of nitrogens with zero attached hydrogens (tertiary/aromatic N) is 2. The zero-order valence-corrected chi connectivity index (χ0v) is 12.6. The molecule has 108 valence electrons. The molecule has 0 radical (unpaired) electrons. The summed E-state index contributed by atoms with van der Waals surface area (Å²) in [5.41, 5.74) is 8.49. The molecule has 1 heterocycles. The van der Waals surface area contributed by atoms with Crippen LogP contribution < -0.4 is 5.73 Å². The Hall–Kier alpha value is -1.46. The molecule has 0 aliphatic rings. The summed E-state index contributed by atoms with van der Waals surface area (Å²) in [6.07, 6.45) is 4.36. The van der Waals surface area contributed by atoms with Gasteiger partial charge in [-0.1, -0.05) is 37.3 Å². The lowest BCUT2D eigenvalue weighted by molar-refractivity contribution is 0.617. The highest BCUT2D eigenvalue weighted by Gasteiger charge is 2.12. The number of nitrogens with two attached hydrogens (primary N) is 1. The topological polar surface area (TPSA) is 60.9 Å². The molecule has 0 aliphatic carbocycles. The molecule has 0 amide bonds. The maximum absolute atomic E-state index is 11.5. The molecule has 0 fully saturated rings. The first-order chi connectivity index (χ1) is 9.70. The Kier molecular flexibility index (Phi) is 5.49. The minimum Gasteiger partial charge on any atom is -0.332 e. The maximum Gasteiger partial charge on any atom is 0.0948 e. The van der Waals surface area contributed by atoms with E-state index >= 15 is 0 Å². The number of hydrogen-bond acceptors (Lipinski definition) is 3. The van der Waals surface area contributed by atoms with Crippen LogP contribution in [0.5, 0.6) is 0 Å². The quantitative estimate of drug-likeness (QED) is 0.847. The molecule has 2 rings (SSSR count). The molecule has 0 bridgehead atoms. The number of aromatic nitrogens is 2. The van der Waals surface area contributed by atoms with Gasteiger partial charge in [-0.25, -0.2) is 4.98 Å². The monoisotopic (exact) mass is 291 g/mol. The van der Waals surface area contributed by atoms with Crippen molar-refractivity contribution in [1.29, 1.82) is 0 Å². The molecule has 1 aromatic heterocycles. The summed E-state index contributed by atoms with van der Waals surface area (Å²) in [6, 6.07) is 10.1. The third-order valence-electron chi connectivity index (χ3n) is 3.30. The van der Waals surface area contributed by atoms with Crippen LogP contribution in [0.25, 0.3) is 0 Å². The van der Waals surface area contributed by atoms with Crippen molar-refractivity contribution in [3.8, 4) is 0 Å². The predicted octanol–water partition coefficient (Wildman–Crippen LogP) is 1.89. The largest absolute Gasteiger partial charge is 0.332 e. The predicted molar refractivity (Wildman–Crippen MR) is 82.9 cm³/mol. The van der Waals surface area contributed by atoms with E-state index in [9.17, 15) is 4.21 Å². The van der Waals surface area contributed by atoms with Crippen molar-refractivity contribution in [1.82, 2.24) is 9.55 Å². The molecular weight excluding hydrogens is 270 g/mol. The minimum atomic E-state index is -0.760. The second kappa shape index (κ2) is 7.36. The van der Waals surface area contributed by atoms with E-state index in [0.717, 1.165) is 12.1 Å². The van der Waals surface area contributed by atoms with Crippen molar-refractivity contribution in [2.45, 2.75) is 25.9 Å². The normalized spacial score (nSPS) is 14.1. The average Bonchev–Trinajstić information content (AvgIpc) is 2.94. The van der Waals surface area contributed by atoms with Gasteiger partial charge in [-0.15, -0.1) is 0 Å². The van der Waals surface area contributed by atoms with Gasteiger partial charge in [0.05, 0.1) is 18.1 Å². The van der Waals surface area contributed by atoms with E-state index in [2.05, 4.69) is 17.1 Å². The highest BCUT2D eigenvalue weighted by Crippen LogP contribution is 2.15. The molecule has 0 spiro atoms. The van der Waals surface area contributed by atoms with Gasteiger partial charge < -0.3 is 10.3 Å². The Morgan fingerprint density at radius 2 is 2.10 bits per heavy atom. The third-order valence-corrected chi connectivity index (χ3v) is 4.59. The number of aryl methyl sites for hydroxylation is 1. The van der Waals surface area contributed by atoms with Crippen LogP contribution in [0.15, 0.2) is 42.9 Å². The van der Waals surface area contributed by atoms with Gasteiger partial charge in [-0.05, 0) is 12.0 Å². The highest BCUT2D eigenvalue weighted by molar-refractivity contribution is 7.84. The van der Waals surface area contributed by atoms with Crippen LogP contribution in [0.3, 0.4) is 0 Å². The van der Waals surface area contributed by atoms with E-state index < -0.39 is 10.8 Å². The van der Waals surface area contributed by atoms with Crippen molar-refractivity contribution >= 4 is 10.8 Å². The first kappa shape index (κ1) is 14.9. The van der Waals surface area contributed by atoms with Crippen LogP contribution in [0.1, 0.15) is 24.2 Å². The molecule has 5 heteroatoms. The smallest absolute Gasteiger partial charge is 0.0948 e. The van der Waals surface area contributed by atoms with Gasteiger partial charge in [0.25, 0.3) is 0 Å². The number of imidazole rings is 1. The van der Waals surface area contributed by atoms with Crippen LogP contribution in [0.2, 0.25) is 0 Å². The van der Waals surface area contributed by atoms with Gasteiger partial charge in [0.1, 0.15) is 0 Å². The molecule has 4 nitrogen and oxygen atoms in total. The van der Waals surface area contributed by atoms with Gasteiger partial charge in [0.2, 0.25) is 0 Å². The number of benzene rings is 1. The molecular formula is C15H21N3OS. The average molecular weight is 291 g/mol. The zero-order valence-electron chi connectivity index (χ0n) is 11.7. The lowest BCUT2D eigenvalue weighted by atomic mass is 10.0. The summed E-state index contributed by atoms with van der Waals surface area (Å²) in [5, 5.41) is 0. The van der Waals surface area contributed by atoms with Gasteiger partial charge in [0.15, 0.2) is 0 Å². The molecule has 0 aliphatic heterocycles. The first-order valence-electron chi connectivity index (χ1n) is 6.85. The van der Waals surface area contributed by atoms with Crippen molar-refractivity contribution in [2.75, 3.05) is 11.5 Å². The Bertz CT molecular complexity index is 553. The van der Waals surface area contributed by atoms with E-state index in [4.69, 9.17) is 5.73 Å². The standard InChI is InChI=1S/C15H21N3OS/c1-2-20(19)9-8-18-12-17-11-15(18)14(16)10-13-6-4-3-5-7-13/h3-7,11-12,14H,2,8-10,16H2,1H3/t14-,20?/m1/s1. The molecule has 20 heavy (non-hydrogen) atoms. The van der Waals surface area contributed by atoms with Crippen LogP contribution in [-0.2, 0) is 23.8 Å². The van der Waals surface area contributed by atoms with Crippen molar-refractivity contribution in [2.24, 2.45) is 5.73 Å². The van der Waals surface area contributed by atoms with Gasteiger partial charge >= 0.3 is 0 Å². The van der Waals surface area contributed by atoms with Crippen molar-refractivity contribution < 1.29 is 4.21 Å². The maximum atomic E-state index is 11.5. The summed E-state index contributed by atoms with van der Waals surface area (Å²) in [7, 11) is -0.760. The molecule has 2 N–H and O–H groups in total. The fourth-order valence-corrected chi connectivity index (χ4v) is 2.83. The van der Waals surface area contributed by atoms with Gasteiger partial charge in [-0.3, -0.25) is 4.21 Å². The van der Waals surface area contributed by atoms with E-state index in [-0.39, 0.29) is 6.04 Å². The van der Waals surface area contributed by atoms with E-state index in [1.54, 1.807) is 6.33 Å². The van der Waals surface area contributed by atoms with Crippen LogP contribution >= 0.6 is 0 Å². The number of rotatable bonds is 7. The second-order valence-electron chi connectivity index (χ2n) is 4.74. The second-order valence-corrected chi connectivity index (χ2v) is 6.61. The van der Waals surface area contributed by atoms with Gasteiger partial charge in [0, 0.05) is 35.0 Å². The summed E-state index contributed by atoms with van der Waals surface area (Å²) in [6.45, 7) is 2.64. The van der Waals surface area contributed by atoms with E-state index in [1.165, 1.54) is 5.56 Å². The van der Waals surface area contributed by atoms with E-state index in [0.29, 0.717) is 18.1 Å². The summed E-state index contributed by atoms with van der Waals surface area (Å²) in [4.78, 5) is 4.17. The fourth-order valence-electron chi connectivity index (χ4n) is 2.14. The molecule has 1 unspecified atom stereocenters. The Morgan fingerprint density at radius 3 is 2.80 bits per heavy atom. The molecule has 2 aromatic rings. The number of hydrogen-bond donors (Lipinski definition) is 1. The third kappa shape index (κ3) is 4.02. The van der Waals surface area contributed by atoms with Crippen LogP contribution in [0, 0.1) is 0 Å². The molecule has 2 atom stereocenters. The SMILES string of the molecule is CCS(=O)CCn1cncc1[C@H](N)Cc1ccccc1. The van der Waals surface area contributed by atoms with Crippen LogP contribution in [0.4, 0.5) is 0 Å². The summed E-state index contributed by atoms with van der Waals surface area (Å²) in [5.74, 6) is 1.35. The zero-order chi connectivity index (χ0) is 14.4. The fraction of sp³-hybridized carbons (Fsp3) is 0.400. The lowest BCUT2D eigenvalue weighted by Crippen LogP contribution is -2.19. The molecule has 0 saturated carbocycles. The van der Waals surface area contributed by atoms with Gasteiger partial charge in [-0.2, -0.15) is 0 Å². The Balaban J connectivity index is 2.01. The molecule has 1 aromatic carbocycles. The summed E-state index contributed by atoms with van der Waals surface area (Å²) < 4.78 is 13.5.